The largest absolute Gasteiger partial charge is 0.493 e. The molecule has 10 heteroatoms. The van der Waals surface area contributed by atoms with Gasteiger partial charge < -0.3 is 28.7 Å². The van der Waals surface area contributed by atoms with Gasteiger partial charge in [-0.25, -0.2) is 9.97 Å². The number of piperazine rings is 1. The lowest BCUT2D eigenvalue weighted by atomic mass is 10.1. The lowest BCUT2D eigenvalue weighted by molar-refractivity contribution is -0.159. The van der Waals surface area contributed by atoms with Gasteiger partial charge in [-0.1, -0.05) is 30.3 Å². The summed E-state index contributed by atoms with van der Waals surface area (Å²) >= 11 is 0. The van der Waals surface area contributed by atoms with E-state index in [4.69, 9.17) is 23.9 Å². The molecule has 1 saturated heterocycles. The van der Waals surface area contributed by atoms with Gasteiger partial charge in [0.1, 0.15) is 0 Å². The first-order valence-corrected chi connectivity index (χ1v) is 11.8. The van der Waals surface area contributed by atoms with Gasteiger partial charge in [-0.05, 0) is 18.2 Å². The fourth-order valence-electron chi connectivity index (χ4n) is 4.24. The van der Waals surface area contributed by atoms with Crippen LogP contribution in [0.3, 0.4) is 0 Å². The minimum atomic E-state index is -0.968. The number of anilines is 1. The summed E-state index contributed by atoms with van der Waals surface area (Å²) in [6.45, 7) is 3.26. The molecular formula is C27H30N4O6. The van der Waals surface area contributed by atoms with Gasteiger partial charge in [0.05, 0.1) is 27.0 Å². The van der Waals surface area contributed by atoms with Crippen LogP contribution in [-0.2, 0) is 14.3 Å². The summed E-state index contributed by atoms with van der Waals surface area (Å²) in [6.07, 6.45) is 0.731. The minimum absolute atomic E-state index is 0.242. The Morgan fingerprint density at radius 2 is 1.54 bits per heavy atom. The number of esters is 1. The predicted octanol–water partition coefficient (Wildman–Crippen LogP) is 3.12. The van der Waals surface area contributed by atoms with Crippen molar-refractivity contribution in [1.29, 1.82) is 0 Å². The Hall–Kier alpha value is -4.34. The van der Waals surface area contributed by atoms with Gasteiger partial charge in [0.25, 0.3) is 5.91 Å². The van der Waals surface area contributed by atoms with Crippen LogP contribution in [0, 0.1) is 0 Å². The van der Waals surface area contributed by atoms with E-state index in [2.05, 4.69) is 4.98 Å². The fourth-order valence-corrected chi connectivity index (χ4v) is 4.24. The molecule has 0 bridgehead atoms. The smallest absolute Gasteiger partial charge is 0.303 e. The van der Waals surface area contributed by atoms with Crippen molar-refractivity contribution in [2.75, 3.05) is 52.4 Å². The summed E-state index contributed by atoms with van der Waals surface area (Å²) in [7, 11) is 4.69. The second-order valence-corrected chi connectivity index (χ2v) is 8.37. The fraction of sp³-hybridized carbons (Fsp3) is 0.333. The number of benzene rings is 2. The third-order valence-corrected chi connectivity index (χ3v) is 6.09. The summed E-state index contributed by atoms with van der Waals surface area (Å²) in [5, 5.41) is 0. The quantitative estimate of drug-likeness (QED) is 0.426. The lowest BCUT2D eigenvalue weighted by Crippen LogP contribution is -2.50. The molecule has 4 rings (SSSR count). The second-order valence-electron chi connectivity index (χ2n) is 8.37. The Labute approximate surface area is 215 Å². The van der Waals surface area contributed by atoms with Crippen LogP contribution in [0.4, 0.5) is 5.95 Å². The van der Waals surface area contributed by atoms with Crippen molar-refractivity contribution in [1.82, 2.24) is 14.9 Å². The zero-order chi connectivity index (χ0) is 26.4. The minimum Gasteiger partial charge on any atom is -0.493 e. The number of aromatic nitrogens is 2. The summed E-state index contributed by atoms with van der Waals surface area (Å²) in [6, 6.07) is 14.5. The van der Waals surface area contributed by atoms with E-state index in [9.17, 15) is 9.59 Å². The van der Waals surface area contributed by atoms with Gasteiger partial charge in [-0.3, -0.25) is 9.59 Å². The number of hydrogen-bond acceptors (Lipinski definition) is 9. The van der Waals surface area contributed by atoms with Gasteiger partial charge >= 0.3 is 5.97 Å². The first-order valence-electron chi connectivity index (χ1n) is 11.8. The van der Waals surface area contributed by atoms with E-state index in [1.807, 2.05) is 41.3 Å². The third kappa shape index (κ3) is 5.74. The summed E-state index contributed by atoms with van der Waals surface area (Å²) in [5.74, 6) is 1.38. The molecule has 3 aromatic rings. The molecule has 0 N–H and O–H groups in total. The maximum Gasteiger partial charge on any atom is 0.303 e. The van der Waals surface area contributed by atoms with Gasteiger partial charge in [-0.2, -0.15) is 0 Å². The number of rotatable bonds is 8. The Balaban J connectivity index is 1.49. The van der Waals surface area contributed by atoms with Crippen LogP contribution in [0.1, 0.15) is 18.6 Å². The molecule has 1 unspecified atom stereocenters. The summed E-state index contributed by atoms with van der Waals surface area (Å²) in [4.78, 5) is 37.9. The maximum atomic E-state index is 13.3. The number of carbonyl (C=O) groups is 2. The molecule has 0 aliphatic carbocycles. The molecule has 0 spiro atoms. The Kier molecular flexibility index (Phi) is 8.07. The van der Waals surface area contributed by atoms with E-state index in [1.165, 1.54) is 6.92 Å². The Morgan fingerprint density at radius 3 is 2.11 bits per heavy atom. The second kappa shape index (κ2) is 11.6. The van der Waals surface area contributed by atoms with Gasteiger partial charge in [-0.15, -0.1) is 0 Å². The van der Waals surface area contributed by atoms with E-state index in [0.29, 0.717) is 60.6 Å². The standard InChI is InChI=1S/C27H30N4O6/c1-18(32)37-24(19-8-6-5-7-9-19)26(33)30-12-14-31(15-13-30)27-28-11-10-21(29-27)20-16-22(34-2)25(36-4)23(17-20)35-3/h5-11,16-17,24H,12-15H2,1-4H3. The number of methoxy groups -OCH3 is 3. The Morgan fingerprint density at radius 1 is 0.892 bits per heavy atom. The molecular weight excluding hydrogens is 476 g/mol. The lowest BCUT2D eigenvalue weighted by Gasteiger charge is -2.36. The molecule has 1 fully saturated rings. The number of nitrogens with zero attached hydrogens (tertiary/aromatic N) is 4. The molecule has 1 amide bonds. The van der Waals surface area contributed by atoms with E-state index in [0.717, 1.165) is 5.56 Å². The molecule has 37 heavy (non-hydrogen) atoms. The highest BCUT2D eigenvalue weighted by Gasteiger charge is 2.31. The molecule has 1 aliphatic rings. The van der Waals surface area contributed by atoms with Gasteiger partial charge in [0.2, 0.25) is 17.8 Å². The van der Waals surface area contributed by atoms with Crippen molar-refractivity contribution in [3.63, 3.8) is 0 Å². The Bertz CT molecular complexity index is 1220. The molecule has 0 radical (unpaired) electrons. The SMILES string of the molecule is COc1cc(-c2ccnc(N3CCN(C(=O)C(OC(C)=O)c4ccccc4)CC3)n2)cc(OC)c1OC. The first kappa shape index (κ1) is 25.7. The topological polar surface area (TPSA) is 103 Å². The van der Waals surface area contributed by atoms with E-state index in [-0.39, 0.29) is 5.91 Å². The zero-order valence-electron chi connectivity index (χ0n) is 21.3. The monoisotopic (exact) mass is 506 g/mol. The molecule has 1 aromatic heterocycles. The van der Waals surface area contributed by atoms with E-state index >= 15 is 0 Å². The number of amides is 1. The molecule has 2 aromatic carbocycles. The van der Waals surface area contributed by atoms with Crippen molar-refractivity contribution in [2.45, 2.75) is 13.0 Å². The van der Waals surface area contributed by atoms with Crippen LogP contribution >= 0.6 is 0 Å². The van der Waals surface area contributed by atoms with Crippen molar-refractivity contribution in [3.8, 4) is 28.5 Å². The number of carbonyl (C=O) groups excluding carboxylic acids is 2. The van der Waals surface area contributed by atoms with Crippen LogP contribution < -0.4 is 19.1 Å². The van der Waals surface area contributed by atoms with Crippen molar-refractivity contribution in [3.05, 3.63) is 60.3 Å². The van der Waals surface area contributed by atoms with Crippen LogP contribution in [0.5, 0.6) is 17.2 Å². The molecule has 10 nitrogen and oxygen atoms in total. The molecule has 2 heterocycles. The van der Waals surface area contributed by atoms with Crippen LogP contribution in [0.25, 0.3) is 11.3 Å². The number of hydrogen-bond donors (Lipinski definition) is 0. The third-order valence-electron chi connectivity index (χ3n) is 6.09. The van der Waals surface area contributed by atoms with Gasteiger partial charge in [0, 0.05) is 50.4 Å². The maximum absolute atomic E-state index is 13.3. The summed E-state index contributed by atoms with van der Waals surface area (Å²) in [5.41, 5.74) is 2.13. The zero-order valence-corrected chi connectivity index (χ0v) is 21.3. The molecule has 1 aliphatic heterocycles. The van der Waals surface area contributed by atoms with Crippen molar-refractivity contribution >= 4 is 17.8 Å². The molecule has 194 valence electrons. The molecule has 0 saturated carbocycles. The van der Waals surface area contributed by atoms with E-state index in [1.54, 1.807) is 44.6 Å². The highest BCUT2D eigenvalue weighted by atomic mass is 16.5. The number of ether oxygens (including phenoxy) is 4. The average Bonchev–Trinajstić information content (AvgIpc) is 2.95. The predicted molar refractivity (Wildman–Crippen MR) is 137 cm³/mol. The highest BCUT2D eigenvalue weighted by Crippen LogP contribution is 2.41. The average molecular weight is 507 g/mol. The van der Waals surface area contributed by atoms with Crippen molar-refractivity contribution in [2.24, 2.45) is 0 Å². The van der Waals surface area contributed by atoms with Crippen LogP contribution in [-0.4, -0.2) is 74.3 Å². The van der Waals surface area contributed by atoms with Crippen LogP contribution in [0.15, 0.2) is 54.7 Å². The summed E-state index contributed by atoms with van der Waals surface area (Å²) < 4.78 is 21.7. The van der Waals surface area contributed by atoms with Crippen molar-refractivity contribution < 1.29 is 28.5 Å². The van der Waals surface area contributed by atoms with E-state index < -0.39 is 12.1 Å². The normalized spacial score (nSPS) is 14.1. The molecule has 1 atom stereocenters. The van der Waals surface area contributed by atoms with Crippen LogP contribution in [0.2, 0.25) is 0 Å². The first-order chi connectivity index (χ1) is 17.9. The van der Waals surface area contributed by atoms with Gasteiger partial charge in [0.15, 0.2) is 11.5 Å². The highest BCUT2D eigenvalue weighted by molar-refractivity contribution is 5.85.